The van der Waals surface area contributed by atoms with E-state index in [-0.39, 0.29) is 5.91 Å². The van der Waals surface area contributed by atoms with E-state index in [9.17, 15) is 4.79 Å². The lowest BCUT2D eigenvalue weighted by Crippen LogP contribution is -2.18. The predicted molar refractivity (Wildman–Crippen MR) is 82.7 cm³/mol. The summed E-state index contributed by atoms with van der Waals surface area (Å²) in [6.07, 6.45) is 8.43. The Morgan fingerprint density at radius 3 is 2.55 bits per heavy atom. The highest BCUT2D eigenvalue weighted by atomic mass is 16.1. The molecule has 2 rings (SSSR count). The molecule has 1 aromatic carbocycles. The van der Waals surface area contributed by atoms with Crippen molar-refractivity contribution in [2.45, 2.75) is 45.1 Å². The summed E-state index contributed by atoms with van der Waals surface area (Å²) in [5, 5.41) is 6.12. The Morgan fingerprint density at radius 1 is 1.20 bits per heavy atom. The fraction of sp³-hybridized carbons (Fsp3) is 0.588. The molecule has 0 unspecified atom stereocenters. The van der Waals surface area contributed by atoms with E-state index in [0.29, 0.717) is 0 Å². The summed E-state index contributed by atoms with van der Waals surface area (Å²) >= 11 is 0. The van der Waals surface area contributed by atoms with Crippen LogP contribution in [0.15, 0.2) is 24.3 Å². The minimum absolute atomic E-state index is 0.0268. The quantitative estimate of drug-likeness (QED) is 0.750. The monoisotopic (exact) mass is 274 g/mol. The molecule has 20 heavy (non-hydrogen) atoms. The van der Waals surface area contributed by atoms with Crippen molar-refractivity contribution < 1.29 is 4.79 Å². The van der Waals surface area contributed by atoms with Crippen LogP contribution in [-0.2, 0) is 6.54 Å². The lowest BCUT2D eigenvalue weighted by Gasteiger charge is -2.09. The van der Waals surface area contributed by atoms with Crippen molar-refractivity contribution >= 4 is 5.91 Å². The molecule has 3 heteroatoms. The molecule has 0 spiro atoms. The lowest BCUT2D eigenvalue weighted by atomic mass is 10.0. The van der Waals surface area contributed by atoms with E-state index in [4.69, 9.17) is 0 Å². The minimum atomic E-state index is -0.0268. The smallest absolute Gasteiger partial charge is 0.251 e. The Morgan fingerprint density at radius 2 is 1.90 bits per heavy atom. The number of rotatable bonds is 7. The standard InChI is InChI=1S/C17H26N2O/c1-18-17(20)16-10-8-15(9-11-16)13-19-12-4-7-14-5-2-3-6-14/h8-11,14,19H,2-7,12-13H2,1H3,(H,18,20). The van der Waals surface area contributed by atoms with Crippen LogP contribution in [0.3, 0.4) is 0 Å². The zero-order valence-electron chi connectivity index (χ0n) is 12.5. The third-order valence-corrected chi connectivity index (χ3v) is 4.21. The maximum Gasteiger partial charge on any atom is 0.251 e. The van der Waals surface area contributed by atoms with Gasteiger partial charge in [-0.3, -0.25) is 4.79 Å². The van der Waals surface area contributed by atoms with Crippen LogP contribution in [0.5, 0.6) is 0 Å². The second-order valence-electron chi connectivity index (χ2n) is 5.75. The summed E-state index contributed by atoms with van der Waals surface area (Å²) in [4.78, 5) is 11.4. The van der Waals surface area contributed by atoms with Gasteiger partial charge in [0.25, 0.3) is 5.91 Å². The van der Waals surface area contributed by atoms with Gasteiger partial charge in [0.2, 0.25) is 0 Å². The molecular weight excluding hydrogens is 248 g/mol. The van der Waals surface area contributed by atoms with Gasteiger partial charge in [-0.1, -0.05) is 37.8 Å². The second-order valence-corrected chi connectivity index (χ2v) is 5.75. The van der Waals surface area contributed by atoms with Crippen molar-refractivity contribution in [3.05, 3.63) is 35.4 Å². The van der Waals surface area contributed by atoms with Crippen molar-refractivity contribution in [1.29, 1.82) is 0 Å². The van der Waals surface area contributed by atoms with Gasteiger partial charge in [-0.15, -0.1) is 0 Å². The first-order valence-electron chi connectivity index (χ1n) is 7.81. The van der Waals surface area contributed by atoms with Crippen LogP contribution in [0, 0.1) is 5.92 Å². The van der Waals surface area contributed by atoms with Gasteiger partial charge in [-0.25, -0.2) is 0 Å². The molecule has 1 saturated carbocycles. The van der Waals surface area contributed by atoms with Crippen LogP contribution in [0.2, 0.25) is 0 Å². The molecule has 2 N–H and O–H groups in total. The van der Waals surface area contributed by atoms with Crippen LogP contribution in [0.25, 0.3) is 0 Å². The Hall–Kier alpha value is -1.35. The molecule has 1 amide bonds. The fourth-order valence-corrected chi connectivity index (χ4v) is 2.97. The van der Waals surface area contributed by atoms with Crippen LogP contribution in [-0.4, -0.2) is 19.5 Å². The van der Waals surface area contributed by atoms with Crippen LogP contribution in [0.1, 0.15) is 54.4 Å². The zero-order valence-corrected chi connectivity index (χ0v) is 12.5. The van der Waals surface area contributed by atoms with E-state index in [1.165, 1.54) is 44.1 Å². The molecule has 1 aromatic rings. The Balaban J connectivity index is 1.62. The van der Waals surface area contributed by atoms with E-state index in [0.717, 1.165) is 24.6 Å². The van der Waals surface area contributed by atoms with E-state index in [1.807, 2.05) is 24.3 Å². The number of amides is 1. The molecule has 0 bridgehead atoms. The SMILES string of the molecule is CNC(=O)c1ccc(CNCCCC2CCCC2)cc1. The average molecular weight is 274 g/mol. The van der Waals surface area contributed by atoms with Crippen LogP contribution in [0.4, 0.5) is 0 Å². The molecule has 0 radical (unpaired) electrons. The third-order valence-electron chi connectivity index (χ3n) is 4.21. The normalized spacial score (nSPS) is 15.4. The highest BCUT2D eigenvalue weighted by Crippen LogP contribution is 2.28. The highest BCUT2D eigenvalue weighted by molar-refractivity contribution is 5.93. The maximum absolute atomic E-state index is 11.4. The Labute approximate surface area is 122 Å². The summed E-state index contributed by atoms with van der Waals surface area (Å²) in [6.45, 7) is 1.98. The summed E-state index contributed by atoms with van der Waals surface area (Å²) in [6, 6.07) is 7.81. The van der Waals surface area contributed by atoms with Crippen LogP contribution < -0.4 is 10.6 Å². The van der Waals surface area contributed by atoms with Gasteiger partial charge < -0.3 is 10.6 Å². The molecule has 3 nitrogen and oxygen atoms in total. The van der Waals surface area contributed by atoms with Crippen molar-refractivity contribution in [3.8, 4) is 0 Å². The van der Waals surface area contributed by atoms with Crippen molar-refractivity contribution in [3.63, 3.8) is 0 Å². The maximum atomic E-state index is 11.4. The molecule has 0 aliphatic heterocycles. The van der Waals surface area contributed by atoms with E-state index in [1.54, 1.807) is 7.05 Å². The summed E-state index contributed by atoms with van der Waals surface area (Å²) in [5.74, 6) is 0.963. The molecule has 1 aliphatic rings. The lowest BCUT2D eigenvalue weighted by molar-refractivity contribution is 0.0963. The Bertz CT molecular complexity index is 408. The molecule has 0 atom stereocenters. The molecular formula is C17H26N2O. The summed E-state index contributed by atoms with van der Waals surface area (Å²) in [5.41, 5.74) is 1.95. The van der Waals surface area contributed by atoms with Gasteiger partial charge >= 0.3 is 0 Å². The number of benzene rings is 1. The summed E-state index contributed by atoms with van der Waals surface area (Å²) < 4.78 is 0. The molecule has 1 aliphatic carbocycles. The van der Waals surface area contributed by atoms with Crippen molar-refractivity contribution in [2.75, 3.05) is 13.6 Å². The number of carbonyl (C=O) groups excluding carboxylic acids is 1. The molecule has 0 heterocycles. The van der Waals surface area contributed by atoms with Gasteiger partial charge in [0, 0.05) is 19.2 Å². The van der Waals surface area contributed by atoms with Gasteiger partial charge in [0.15, 0.2) is 0 Å². The number of hydrogen-bond donors (Lipinski definition) is 2. The Kier molecular flexibility index (Phi) is 6.06. The zero-order chi connectivity index (χ0) is 14.2. The average Bonchev–Trinajstić information content (AvgIpc) is 3.00. The number of carbonyl (C=O) groups is 1. The predicted octanol–water partition coefficient (Wildman–Crippen LogP) is 3.11. The van der Waals surface area contributed by atoms with Gasteiger partial charge in [0.1, 0.15) is 0 Å². The molecule has 110 valence electrons. The first-order valence-corrected chi connectivity index (χ1v) is 7.81. The number of hydrogen-bond acceptors (Lipinski definition) is 2. The van der Waals surface area contributed by atoms with Crippen molar-refractivity contribution in [2.24, 2.45) is 5.92 Å². The van der Waals surface area contributed by atoms with E-state index in [2.05, 4.69) is 10.6 Å². The largest absolute Gasteiger partial charge is 0.355 e. The first kappa shape index (κ1) is 15.0. The topological polar surface area (TPSA) is 41.1 Å². The van der Waals surface area contributed by atoms with E-state index < -0.39 is 0 Å². The van der Waals surface area contributed by atoms with Gasteiger partial charge in [0.05, 0.1) is 0 Å². The summed E-state index contributed by atoms with van der Waals surface area (Å²) in [7, 11) is 1.65. The highest BCUT2D eigenvalue weighted by Gasteiger charge is 2.13. The van der Waals surface area contributed by atoms with E-state index >= 15 is 0 Å². The second kappa shape index (κ2) is 8.05. The molecule has 0 saturated heterocycles. The van der Waals surface area contributed by atoms with Crippen LogP contribution >= 0.6 is 0 Å². The first-order chi connectivity index (χ1) is 9.79. The van der Waals surface area contributed by atoms with Crippen molar-refractivity contribution in [1.82, 2.24) is 10.6 Å². The molecule has 1 fully saturated rings. The fourth-order valence-electron chi connectivity index (χ4n) is 2.97. The van der Waals surface area contributed by atoms with Gasteiger partial charge in [-0.2, -0.15) is 0 Å². The third kappa shape index (κ3) is 4.64. The number of nitrogens with one attached hydrogen (secondary N) is 2. The molecule has 0 aromatic heterocycles. The minimum Gasteiger partial charge on any atom is -0.355 e. The van der Waals surface area contributed by atoms with Gasteiger partial charge in [-0.05, 0) is 43.0 Å².